The van der Waals surface area contributed by atoms with Crippen LogP contribution in [0.25, 0.3) is 0 Å². The first-order valence-corrected chi connectivity index (χ1v) is 12.0. The van der Waals surface area contributed by atoms with Gasteiger partial charge in [0.05, 0.1) is 17.6 Å². The molecule has 2 saturated heterocycles. The van der Waals surface area contributed by atoms with Gasteiger partial charge in [-0.05, 0) is 68.7 Å². The van der Waals surface area contributed by atoms with Crippen molar-refractivity contribution in [1.29, 1.82) is 5.53 Å². The Bertz CT molecular complexity index is 1130. The van der Waals surface area contributed by atoms with E-state index in [1.807, 2.05) is 0 Å². The van der Waals surface area contributed by atoms with Crippen molar-refractivity contribution >= 4 is 29.2 Å². The molecular weight excluding hydrogens is 456 g/mol. The molecule has 1 aliphatic carbocycles. The first-order chi connectivity index (χ1) is 17.0. The van der Waals surface area contributed by atoms with Crippen LogP contribution in [0.1, 0.15) is 50.0 Å². The molecule has 0 radical (unpaired) electrons. The van der Waals surface area contributed by atoms with Gasteiger partial charge in [-0.3, -0.25) is 0 Å². The number of carbonyl (C=O) groups excluding carboxylic acids is 1. The Kier molecular flexibility index (Phi) is 6.46. The molecule has 3 heterocycles. The molecule has 2 amide bonds. The molecule has 1 aromatic heterocycles. The van der Waals surface area contributed by atoms with Crippen molar-refractivity contribution in [3.63, 3.8) is 0 Å². The highest BCUT2D eigenvalue weighted by Crippen LogP contribution is 2.46. The van der Waals surface area contributed by atoms with Crippen LogP contribution in [-0.4, -0.2) is 53.1 Å². The van der Waals surface area contributed by atoms with Crippen LogP contribution in [0.2, 0.25) is 0 Å². The fraction of sp³-hybridized carbons (Fsp3) is 0.522. The maximum atomic E-state index is 15.0. The maximum Gasteiger partial charge on any atom is 0.343 e. The van der Waals surface area contributed by atoms with Crippen molar-refractivity contribution in [3.05, 3.63) is 35.5 Å². The number of fused-ring (bicyclic) bond motifs is 1. The van der Waals surface area contributed by atoms with E-state index in [1.165, 1.54) is 25.6 Å². The number of aromatic nitrogens is 2. The molecule has 3 fully saturated rings. The number of rotatable bonds is 7. The highest BCUT2D eigenvalue weighted by molar-refractivity contribution is 5.92. The molecular formula is C23H29F2N9O. The molecule has 3 aliphatic rings. The third-order valence-corrected chi connectivity index (χ3v) is 7.02. The molecule has 0 bridgehead atoms. The van der Waals surface area contributed by atoms with E-state index in [2.05, 4.69) is 36.0 Å². The highest BCUT2D eigenvalue weighted by Gasteiger charge is 2.33. The van der Waals surface area contributed by atoms with Crippen LogP contribution in [0.3, 0.4) is 0 Å². The van der Waals surface area contributed by atoms with Crippen molar-refractivity contribution in [2.45, 2.75) is 56.5 Å². The second-order valence-electron chi connectivity index (χ2n) is 9.34. The topological polar surface area (TPSA) is 122 Å². The number of amides is 2. The molecule has 1 aromatic carbocycles. The average Bonchev–Trinajstić information content (AvgIpc) is 3.60. The Morgan fingerprint density at radius 3 is 2.77 bits per heavy atom. The molecule has 186 valence electrons. The van der Waals surface area contributed by atoms with Crippen molar-refractivity contribution in [2.75, 3.05) is 35.8 Å². The lowest BCUT2D eigenvalue weighted by Gasteiger charge is -2.35. The molecule has 2 unspecified atom stereocenters. The predicted octanol–water partition coefficient (Wildman–Crippen LogP) is 4.51. The first kappa shape index (κ1) is 23.3. The molecule has 12 heteroatoms. The van der Waals surface area contributed by atoms with Crippen LogP contribution in [0.5, 0.6) is 0 Å². The van der Waals surface area contributed by atoms with Gasteiger partial charge in [-0.1, -0.05) is 5.22 Å². The van der Waals surface area contributed by atoms with E-state index in [9.17, 15) is 9.18 Å². The molecule has 10 nitrogen and oxygen atoms in total. The monoisotopic (exact) mass is 485 g/mol. The largest absolute Gasteiger partial charge is 0.365 e. The zero-order valence-electron chi connectivity index (χ0n) is 19.5. The molecule has 35 heavy (non-hydrogen) atoms. The number of hydrogen-bond acceptors (Lipinski definition) is 8. The summed E-state index contributed by atoms with van der Waals surface area (Å²) in [5, 5.41) is 12.6. The van der Waals surface area contributed by atoms with Crippen LogP contribution in [0, 0.1) is 17.2 Å². The molecule has 2 aliphatic heterocycles. The predicted molar refractivity (Wildman–Crippen MR) is 127 cm³/mol. The van der Waals surface area contributed by atoms with E-state index >= 15 is 4.39 Å². The van der Waals surface area contributed by atoms with E-state index in [-0.39, 0.29) is 29.4 Å². The number of piperidine rings is 1. The first-order valence-electron chi connectivity index (χ1n) is 12.0. The van der Waals surface area contributed by atoms with Gasteiger partial charge in [0.25, 0.3) is 0 Å². The number of urea groups is 1. The van der Waals surface area contributed by atoms with Gasteiger partial charge in [-0.2, -0.15) is 15.5 Å². The van der Waals surface area contributed by atoms with Crippen molar-refractivity contribution in [1.82, 2.24) is 20.2 Å². The molecule has 2 aromatic rings. The van der Waals surface area contributed by atoms with Crippen LogP contribution in [-0.2, 0) is 0 Å². The lowest BCUT2D eigenvalue weighted by molar-refractivity contribution is 0.188. The third-order valence-electron chi connectivity index (χ3n) is 7.02. The molecule has 4 N–H and O–H groups in total. The van der Waals surface area contributed by atoms with Crippen molar-refractivity contribution < 1.29 is 13.6 Å². The van der Waals surface area contributed by atoms with Crippen molar-refractivity contribution in [3.8, 4) is 0 Å². The Morgan fingerprint density at radius 1 is 1.20 bits per heavy atom. The van der Waals surface area contributed by atoms with Gasteiger partial charge >= 0.3 is 6.03 Å². The lowest BCUT2D eigenvalue weighted by atomic mass is 9.97. The summed E-state index contributed by atoms with van der Waals surface area (Å²) < 4.78 is 29.5. The van der Waals surface area contributed by atoms with Gasteiger partial charge in [0.15, 0.2) is 11.6 Å². The number of halogens is 2. The van der Waals surface area contributed by atoms with Gasteiger partial charge in [0.2, 0.25) is 5.95 Å². The standard InChI is InChI=1S/C23H29F2N9O/c1-27-23(35)34(32-26)20-11-19(17(24)10-16(20)13-4-5-13)30-22-28-12-18(25)21(31-22)29-14-6-8-33-7-2-3-15(33)9-14/h10-15,26H,2-9H2,1H3,(H,27,35)(H2,28,29,30,31). The van der Waals surface area contributed by atoms with Crippen molar-refractivity contribution in [2.24, 2.45) is 5.22 Å². The van der Waals surface area contributed by atoms with Crippen LogP contribution < -0.4 is 21.0 Å². The summed E-state index contributed by atoms with van der Waals surface area (Å²) in [7, 11) is 1.43. The summed E-state index contributed by atoms with van der Waals surface area (Å²) in [5.41, 5.74) is 8.36. The minimum atomic E-state index is -0.614. The molecule has 0 spiro atoms. The van der Waals surface area contributed by atoms with E-state index in [0.29, 0.717) is 17.3 Å². The Balaban J connectivity index is 1.38. The lowest BCUT2D eigenvalue weighted by Crippen LogP contribution is -2.43. The number of carbonyl (C=O) groups is 1. The average molecular weight is 486 g/mol. The highest BCUT2D eigenvalue weighted by atomic mass is 19.1. The Labute approximate surface area is 202 Å². The number of anilines is 4. The summed E-state index contributed by atoms with van der Waals surface area (Å²) in [6, 6.07) is 2.76. The van der Waals surface area contributed by atoms with E-state index in [0.717, 1.165) is 56.4 Å². The summed E-state index contributed by atoms with van der Waals surface area (Å²) in [6.07, 6.45) is 6.98. The maximum absolute atomic E-state index is 15.0. The Morgan fingerprint density at radius 2 is 2.03 bits per heavy atom. The van der Waals surface area contributed by atoms with Crippen LogP contribution in [0.4, 0.5) is 36.7 Å². The second-order valence-corrected chi connectivity index (χ2v) is 9.34. The molecule has 2 atom stereocenters. The van der Waals surface area contributed by atoms with E-state index in [1.54, 1.807) is 0 Å². The fourth-order valence-electron chi connectivity index (χ4n) is 5.09. The Hall–Kier alpha value is -3.41. The van der Waals surface area contributed by atoms with Gasteiger partial charge in [-0.15, -0.1) is 0 Å². The summed E-state index contributed by atoms with van der Waals surface area (Å²) >= 11 is 0. The number of hydrogen-bond donors (Lipinski definition) is 4. The van der Waals surface area contributed by atoms with Crippen LogP contribution >= 0.6 is 0 Å². The number of nitrogens with one attached hydrogen (secondary N) is 4. The summed E-state index contributed by atoms with van der Waals surface area (Å²) in [6.45, 7) is 2.11. The number of benzene rings is 1. The zero-order chi connectivity index (χ0) is 24.5. The fourth-order valence-corrected chi connectivity index (χ4v) is 5.09. The number of nitrogens with zero attached hydrogens (tertiary/aromatic N) is 5. The quantitative estimate of drug-likeness (QED) is 0.338. The van der Waals surface area contributed by atoms with Gasteiger partial charge < -0.3 is 20.9 Å². The summed E-state index contributed by atoms with van der Waals surface area (Å²) in [5.74, 6) is -0.943. The van der Waals surface area contributed by atoms with Gasteiger partial charge in [0.1, 0.15) is 5.82 Å². The normalized spacial score (nSPS) is 21.8. The van der Waals surface area contributed by atoms with E-state index < -0.39 is 17.7 Å². The van der Waals surface area contributed by atoms with Gasteiger partial charge in [0, 0.05) is 25.7 Å². The second kappa shape index (κ2) is 9.68. The van der Waals surface area contributed by atoms with E-state index in [4.69, 9.17) is 5.53 Å². The minimum Gasteiger partial charge on any atom is -0.365 e. The van der Waals surface area contributed by atoms with Crippen LogP contribution in [0.15, 0.2) is 23.6 Å². The molecule has 1 saturated carbocycles. The smallest absolute Gasteiger partial charge is 0.343 e. The third kappa shape index (κ3) is 4.88. The SMILES string of the molecule is CNC(=O)N(N=N)c1cc(Nc2ncc(F)c(NC3CCN4CCCC4C3)n2)c(F)cc1C1CC1. The summed E-state index contributed by atoms with van der Waals surface area (Å²) in [4.78, 5) is 23.0. The zero-order valence-corrected chi connectivity index (χ0v) is 19.5. The molecule has 5 rings (SSSR count). The minimum absolute atomic E-state index is 0.00113. The van der Waals surface area contributed by atoms with Gasteiger partial charge in [-0.25, -0.2) is 18.6 Å².